The first kappa shape index (κ1) is 26.9. The molecule has 4 heterocycles. The fourth-order valence-electron chi connectivity index (χ4n) is 5.91. The number of hydrogen-bond donors (Lipinski definition) is 1. The Morgan fingerprint density at radius 1 is 0.837 bits per heavy atom. The number of fused-ring (bicyclic) bond motifs is 1. The molecule has 9 heteroatoms. The Bertz CT molecular complexity index is 1790. The van der Waals surface area contributed by atoms with Crippen LogP contribution in [-0.2, 0) is 0 Å². The van der Waals surface area contributed by atoms with Crippen molar-refractivity contribution in [2.24, 2.45) is 0 Å². The van der Waals surface area contributed by atoms with E-state index in [-0.39, 0.29) is 18.9 Å². The minimum Gasteiger partial charge on any atom is -0.497 e. The van der Waals surface area contributed by atoms with Crippen molar-refractivity contribution in [3.8, 4) is 34.4 Å². The van der Waals surface area contributed by atoms with E-state index in [2.05, 4.69) is 40.8 Å². The maximum atomic E-state index is 6.09. The second-order valence-electron chi connectivity index (χ2n) is 10.5. The summed E-state index contributed by atoms with van der Waals surface area (Å²) < 4.78 is 24.8. The van der Waals surface area contributed by atoms with Crippen LogP contribution in [0.3, 0.4) is 0 Å². The minimum absolute atomic E-state index is 0.148. The van der Waals surface area contributed by atoms with E-state index in [0.717, 1.165) is 62.8 Å². The van der Waals surface area contributed by atoms with E-state index in [0.29, 0.717) is 5.11 Å². The van der Waals surface area contributed by atoms with Gasteiger partial charge >= 0.3 is 0 Å². The van der Waals surface area contributed by atoms with Crippen LogP contribution in [0.25, 0.3) is 5.69 Å². The first-order chi connectivity index (χ1) is 21.0. The van der Waals surface area contributed by atoms with E-state index in [1.165, 1.54) is 0 Å². The lowest BCUT2D eigenvalue weighted by atomic mass is 9.96. The molecule has 2 aliphatic heterocycles. The van der Waals surface area contributed by atoms with Crippen LogP contribution in [0.1, 0.15) is 34.7 Å². The maximum absolute atomic E-state index is 6.09. The van der Waals surface area contributed by atoms with Crippen molar-refractivity contribution in [1.29, 1.82) is 0 Å². The van der Waals surface area contributed by atoms with Crippen LogP contribution in [0.4, 0.5) is 5.69 Å². The monoisotopic (exact) mass is 590 g/mol. The Kier molecular flexibility index (Phi) is 6.87. The van der Waals surface area contributed by atoms with Crippen molar-refractivity contribution in [2.75, 3.05) is 18.8 Å². The molecule has 1 N–H and O–H groups in total. The van der Waals surface area contributed by atoms with Crippen LogP contribution < -0.4 is 29.2 Å². The molecule has 2 aliphatic rings. The normalized spacial score (nSPS) is 17.2. The number of benzene rings is 3. The van der Waals surface area contributed by atoms with Gasteiger partial charge in [-0.05, 0) is 110 Å². The number of rotatable bonds is 7. The predicted molar refractivity (Wildman–Crippen MR) is 169 cm³/mol. The Hall–Kier alpha value is -5.02. The molecule has 0 bridgehead atoms. The summed E-state index contributed by atoms with van der Waals surface area (Å²) >= 11 is 5.98. The van der Waals surface area contributed by atoms with Crippen LogP contribution in [-0.4, -0.2) is 28.6 Å². The molecule has 2 aromatic heterocycles. The Labute approximate surface area is 255 Å². The van der Waals surface area contributed by atoms with Gasteiger partial charge in [-0.2, -0.15) is 0 Å². The van der Waals surface area contributed by atoms with Crippen molar-refractivity contribution in [1.82, 2.24) is 14.9 Å². The summed E-state index contributed by atoms with van der Waals surface area (Å²) in [4.78, 5) is 6.89. The summed E-state index contributed by atoms with van der Waals surface area (Å²) in [5.74, 6) is 3.75. The standard InChI is InChI=1S/C34H30N4O4S/c1-21-18-28(22(2)37(21)24-9-16-30-31(19-24)41-20-40-30)33-32(29-6-4-5-17-35-29)36-34(43)38(33)23-7-10-26(11-8-23)42-27-14-12-25(39-3)13-15-27/h4-19,32-33H,20H2,1-3H3,(H,36,43)/t32-,33-/m0/s1. The number of aromatic nitrogens is 2. The van der Waals surface area contributed by atoms with Gasteiger partial charge in [0.15, 0.2) is 16.6 Å². The third kappa shape index (κ3) is 4.91. The lowest BCUT2D eigenvalue weighted by Crippen LogP contribution is -2.29. The van der Waals surface area contributed by atoms with Crippen molar-refractivity contribution in [2.45, 2.75) is 25.9 Å². The molecule has 3 aromatic carbocycles. The molecule has 0 saturated carbocycles. The lowest BCUT2D eigenvalue weighted by Gasteiger charge is -2.28. The van der Waals surface area contributed by atoms with E-state index in [1.807, 2.05) is 85.1 Å². The molecule has 0 radical (unpaired) electrons. The van der Waals surface area contributed by atoms with E-state index in [1.54, 1.807) is 7.11 Å². The average molecular weight is 591 g/mol. The lowest BCUT2D eigenvalue weighted by molar-refractivity contribution is 0.174. The maximum Gasteiger partial charge on any atom is 0.231 e. The number of methoxy groups -OCH3 is 1. The number of nitrogens with zero attached hydrogens (tertiary/aromatic N) is 3. The predicted octanol–water partition coefficient (Wildman–Crippen LogP) is 7.20. The van der Waals surface area contributed by atoms with E-state index in [4.69, 9.17) is 36.1 Å². The first-order valence-electron chi connectivity index (χ1n) is 14.0. The summed E-state index contributed by atoms with van der Waals surface area (Å²) in [6.07, 6.45) is 1.82. The zero-order valence-electron chi connectivity index (χ0n) is 24.0. The van der Waals surface area contributed by atoms with Crippen molar-refractivity contribution in [3.05, 3.63) is 120 Å². The van der Waals surface area contributed by atoms with E-state index < -0.39 is 0 Å². The molecule has 1 saturated heterocycles. The Balaban J connectivity index is 1.26. The quantitative estimate of drug-likeness (QED) is 0.200. The summed E-state index contributed by atoms with van der Waals surface area (Å²) in [5, 5.41) is 4.20. The zero-order chi connectivity index (χ0) is 29.5. The number of nitrogens with one attached hydrogen (secondary N) is 1. The average Bonchev–Trinajstić information content (AvgIpc) is 3.72. The van der Waals surface area contributed by atoms with Gasteiger partial charge in [0.2, 0.25) is 6.79 Å². The molecule has 2 atom stereocenters. The molecule has 7 rings (SSSR count). The van der Waals surface area contributed by atoms with Crippen LogP contribution in [0.2, 0.25) is 0 Å². The topological polar surface area (TPSA) is 70.0 Å². The molecule has 216 valence electrons. The zero-order valence-corrected chi connectivity index (χ0v) is 24.8. The Morgan fingerprint density at radius 3 is 2.26 bits per heavy atom. The number of ether oxygens (including phenoxy) is 4. The number of anilines is 1. The molecule has 5 aromatic rings. The van der Waals surface area contributed by atoms with Crippen molar-refractivity contribution in [3.63, 3.8) is 0 Å². The van der Waals surface area contributed by atoms with Gasteiger partial charge in [-0.25, -0.2) is 0 Å². The molecule has 0 amide bonds. The van der Waals surface area contributed by atoms with Gasteiger partial charge in [0.05, 0.1) is 24.9 Å². The van der Waals surface area contributed by atoms with Gasteiger partial charge in [-0.3, -0.25) is 4.98 Å². The minimum atomic E-state index is -0.158. The summed E-state index contributed by atoms with van der Waals surface area (Å²) in [6.45, 7) is 4.50. The SMILES string of the molecule is COc1ccc(Oc2ccc(N3C(=S)N[C@@H](c4ccccn4)[C@@H]3c3cc(C)n(-c4ccc5c(c4)OCO5)c3C)cc2)cc1. The van der Waals surface area contributed by atoms with Crippen LogP contribution >= 0.6 is 12.2 Å². The van der Waals surface area contributed by atoms with E-state index in [9.17, 15) is 0 Å². The highest BCUT2D eigenvalue weighted by molar-refractivity contribution is 7.80. The number of hydrogen-bond acceptors (Lipinski definition) is 6. The second kappa shape index (κ2) is 11.0. The van der Waals surface area contributed by atoms with Gasteiger partial charge < -0.3 is 33.7 Å². The fourth-order valence-corrected chi connectivity index (χ4v) is 6.26. The molecule has 0 unspecified atom stereocenters. The van der Waals surface area contributed by atoms with Gasteiger partial charge in [0.25, 0.3) is 0 Å². The second-order valence-corrected chi connectivity index (χ2v) is 10.9. The van der Waals surface area contributed by atoms with E-state index >= 15 is 0 Å². The Morgan fingerprint density at radius 2 is 1.53 bits per heavy atom. The molecule has 0 spiro atoms. The van der Waals surface area contributed by atoms with Crippen molar-refractivity contribution >= 4 is 23.0 Å². The van der Waals surface area contributed by atoms with Gasteiger partial charge in [0, 0.05) is 35.0 Å². The van der Waals surface area contributed by atoms with Gasteiger partial charge in [-0.1, -0.05) is 6.07 Å². The molecule has 0 aliphatic carbocycles. The number of aryl methyl sites for hydroxylation is 1. The highest BCUT2D eigenvalue weighted by Crippen LogP contribution is 2.44. The van der Waals surface area contributed by atoms with Crippen molar-refractivity contribution < 1.29 is 18.9 Å². The van der Waals surface area contributed by atoms with Crippen LogP contribution in [0.5, 0.6) is 28.7 Å². The fraction of sp³-hybridized carbons (Fsp3) is 0.176. The summed E-state index contributed by atoms with van der Waals surface area (Å²) in [7, 11) is 1.65. The highest BCUT2D eigenvalue weighted by atomic mass is 32.1. The largest absolute Gasteiger partial charge is 0.497 e. The molecular formula is C34H30N4O4S. The molecule has 8 nitrogen and oxygen atoms in total. The van der Waals surface area contributed by atoms with Gasteiger partial charge in [-0.15, -0.1) is 0 Å². The molecular weight excluding hydrogens is 560 g/mol. The third-order valence-electron chi connectivity index (χ3n) is 7.91. The van der Waals surface area contributed by atoms with Gasteiger partial charge in [0.1, 0.15) is 17.2 Å². The summed E-state index contributed by atoms with van der Waals surface area (Å²) in [5.41, 5.74) is 6.25. The first-order valence-corrected chi connectivity index (χ1v) is 14.4. The third-order valence-corrected chi connectivity index (χ3v) is 8.23. The number of thiocarbonyl (C=S) groups is 1. The smallest absolute Gasteiger partial charge is 0.231 e. The van der Waals surface area contributed by atoms with Crippen LogP contribution in [0, 0.1) is 13.8 Å². The van der Waals surface area contributed by atoms with Crippen LogP contribution in [0.15, 0.2) is 97.2 Å². The highest BCUT2D eigenvalue weighted by Gasteiger charge is 2.42. The number of pyridine rings is 1. The summed E-state index contributed by atoms with van der Waals surface area (Å²) in [6, 6.07) is 29.5. The molecule has 43 heavy (non-hydrogen) atoms. The molecule has 1 fully saturated rings.